The van der Waals surface area contributed by atoms with Crippen LogP contribution in [0.3, 0.4) is 0 Å². The molecule has 0 aliphatic carbocycles. The van der Waals surface area contributed by atoms with Crippen LogP contribution in [0.4, 0.5) is 0 Å². The number of benzene rings is 1. The first-order valence-corrected chi connectivity index (χ1v) is 5.66. The van der Waals surface area contributed by atoms with E-state index in [0.29, 0.717) is 35.3 Å². The Morgan fingerprint density at radius 3 is 2.78 bits per heavy atom. The number of hydrogen-bond acceptors (Lipinski definition) is 5. The SMILES string of the molecule is O=c1cc(CO)c2ccc(OCCCO)cc2o1. The Balaban J connectivity index is 2.36. The maximum atomic E-state index is 11.3. The number of ether oxygens (including phenoxy) is 1. The monoisotopic (exact) mass is 250 g/mol. The fourth-order valence-electron chi connectivity index (χ4n) is 1.69. The predicted molar refractivity (Wildman–Crippen MR) is 65.6 cm³/mol. The van der Waals surface area contributed by atoms with Crippen LogP contribution in [-0.4, -0.2) is 23.4 Å². The van der Waals surface area contributed by atoms with Crippen LogP contribution in [0.2, 0.25) is 0 Å². The molecule has 0 aliphatic heterocycles. The molecule has 5 nitrogen and oxygen atoms in total. The van der Waals surface area contributed by atoms with Gasteiger partial charge in [-0.15, -0.1) is 0 Å². The third-order valence-corrected chi connectivity index (χ3v) is 2.54. The highest BCUT2D eigenvalue weighted by Crippen LogP contribution is 2.22. The van der Waals surface area contributed by atoms with Crippen molar-refractivity contribution in [2.75, 3.05) is 13.2 Å². The van der Waals surface area contributed by atoms with Crippen molar-refractivity contribution in [3.05, 3.63) is 40.2 Å². The van der Waals surface area contributed by atoms with E-state index in [-0.39, 0.29) is 13.2 Å². The number of fused-ring (bicyclic) bond motifs is 1. The van der Waals surface area contributed by atoms with Gasteiger partial charge >= 0.3 is 5.63 Å². The summed E-state index contributed by atoms with van der Waals surface area (Å²) in [5.74, 6) is 0.564. The van der Waals surface area contributed by atoms with Crippen LogP contribution < -0.4 is 10.4 Å². The van der Waals surface area contributed by atoms with E-state index in [1.807, 2.05) is 0 Å². The Hall–Kier alpha value is -1.85. The van der Waals surface area contributed by atoms with Gasteiger partial charge in [-0.3, -0.25) is 0 Å². The number of aliphatic hydroxyl groups is 2. The van der Waals surface area contributed by atoms with E-state index in [1.54, 1.807) is 18.2 Å². The molecule has 0 amide bonds. The minimum Gasteiger partial charge on any atom is -0.493 e. The molecule has 0 bridgehead atoms. The first-order valence-electron chi connectivity index (χ1n) is 5.66. The molecule has 2 aromatic rings. The maximum absolute atomic E-state index is 11.3. The molecule has 0 saturated carbocycles. The summed E-state index contributed by atoms with van der Waals surface area (Å²) in [4.78, 5) is 11.3. The average Bonchev–Trinajstić information content (AvgIpc) is 2.37. The number of rotatable bonds is 5. The van der Waals surface area contributed by atoms with Gasteiger partial charge in [0.1, 0.15) is 11.3 Å². The van der Waals surface area contributed by atoms with Crippen molar-refractivity contribution >= 4 is 11.0 Å². The first-order chi connectivity index (χ1) is 8.74. The van der Waals surface area contributed by atoms with E-state index in [2.05, 4.69) is 0 Å². The minimum absolute atomic E-state index is 0.0668. The summed E-state index contributed by atoms with van der Waals surface area (Å²) in [6.45, 7) is 0.246. The zero-order valence-corrected chi connectivity index (χ0v) is 9.76. The maximum Gasteiger partial charge on any atom is 0.336 e. The third kappa shape index (κ3) is 2.69. The van der Waals surface area contributed by atoms with E-state index < -0.39 is 5.63 Å². The van der Waals surface area contributed by atoms with Gasteiger partial charge in [-0.05, 0) is 17.7 Å². The van der Waals surface area contributed by atoms with Crippen LogP contribution in [0.15, 0.2) is 33.5 Å². The molecule has 1 aromatic heterocycles. The van der Waals surface area contributed by atoms with E-state index in [0.717, 1.165) is 0 Å². The van der Waals surface area contributed by atoms with E-state index in [9.17, 15) is 4.79 Å². The van der Waals surface area contributed by atoms with Crippen LogP contribution in [0.1, 0.15) is 12.0 Å². The molecule has 5 heteroatoms. The lowest BCUT2D eigenvalue weighted by molar-refractivity contribution is 0.233. The van der Waals surface area contributed by atoms with Crippen molar-refractivity contribution in [2.45, 2.75) is 13.0 Å². The molecule has 1 heterocycles. The van der Waals surface area contributed by atoms with Crippen LogP contribution in [0.5, 0.6) is 5.75 Å². The molecule has 0 atom stereocenters. The zero-order valence-electron chi connectivity index (χ0n) is 9.76. The lowest BCUT2D eigenvalue weighted by atomic mass is 10.1. The second-order valence-electron chi connectivity index (χ2n) is 3.83. The molecule has 0 saturated heterocycles. The molecular formula is C13H14O5. The molecule has 18 heavy (non-hydrogen) atoms. The second-order valence-corrected chi connectivity index (χ2v) is 3.83. The van der Waals surface area contributed by atoms with Crippen molar-refractivity contribution in [1.29, 1.82) is 0 Å². The Morgan fingerprint density at radius 2 is 2.06 bits per heavy atom. The Kier molecular flexibility index (Phi) is 3.96. The lowest BCUT2D eigenvalue weighted by Gasteiger charge is -2.07. The molecule has 0 spiro atoms. The van der Waals surface area contributed by atoms with Crippen molar-refractivity contribution in [2.24, 2.45) is 0 Å². The molecule has 1 aromatic carbocycles. The van der Waals surface area contributed by atoms with Gasteiger partial charge in [0.25, 0.3) is 0 Å². The molecule has 0 radical (unpaired) electrons. The molecule has 2 N–H and O–H groups in total. The smallest absolute Gasteiger partial charge is 0.336 e. The Bertz CT molecular complexity index is 587. The standard InChI is InChI=1S/C13H14O5/c14-4-1-5-17-10-2-3-11-9(8-15)6-13(16)18-12(11)7-10/h2-3,6-7,14-15H,1,4-5,8H2. The molecular weight excluding hydrogens is 236 g/mol. The van der Waals surface area contributed by atoms with Gasteiger partial charge in [-0.2, -0.15) is 0 Å². The highest BCUT2D eigenvalue weighted by molar-refractivity contribution is 5.81. The van der Waals surface area contributed by atoms with Crippen molar-refractivity contribution < 1.29 is 19.4 Å². The van der Waals surface area contributed by atoms with E-state index in [4.69, 9.17) is 19.4 Å². The van der Waals surface area contributed by atoms with Gasteiger partial charge in [0.2, 0.25) is 0 Å². The number of hydrogen-bond donors (Lipinski definition) is 2. The summed E-state index contributed by atoms with van der Waals surface area (Å²) in [6, 6.07) is 6.35. The minimum atomic E-state index is -0.501. The second kappa shape index (κ2) is 5.66. The van der Waals surface area contributed by atoms with Crippen LogP contribution in [0.25, 0.3) is 11.0 Å². The summed E-state index contributed by atoms with van der Waals surface area (Å²) in [5.41, 5.74) is 0.412. The predicted octanol–water partition coefficient (Wildman–Crippen LogP) is 1.05. The van der Waals surface area contributed by atoms with Gasteiger partial charge in [-0.25, -0.2) is 4.79 Å². The molecule has 0 fully saturated rings. The Labute approximate surface area is 103 Å². The summed E-state index contributed by atoms with van der Waals surface area (Å²) in [5, 5.41) is 18.5. The lowest BCUT2D eigenvalue weighted by Crippen LogP contribution is -2.02. The summed E-state index contributed by atoms with van der Waals surface area (Å²) >= 11 is 0. The van der Waals surface area contributed by atoms with Crippen molar-refractivity contribution in [3.63, 3.8) is 0 Å². The first kappa shape index (κ1) is 12.6. The largest absolute Gasteiger partial charge is 0.493 e. The van der Waals surface area contributed by atoms with E-state index >= 15 is 0 Å². The van der Waals surface area contributed by atoms with Gasteiger partial charge in [0, 0.05) is 30.5 Å². The molecule has 2 rings (SSSR count). The van der Waals surface area contributed by atoms with E-state index in [1.165, 1.54) is 6.07 Å². The fraction of sp³-hybridized carbons (Fsp3) is 0.308. The van der Waals surface area contributed by atoms with Crippen molar-refractivity contribution in [3.8, 4) is 5.75 Å². The van der Waals surface area contributed by atoms with Gasteiger partial charge in [-0.1, -0.05) is 0 Å². The van der Waals surface area contributed by atoms with Gasteiger partial charge in [0.05, 0.1) is 13.2 Å². The molecule has 0 unspecified atom stereocenters. The highest BCUT2D eigenvalue weighted by atomic mass is 16.5. The van der Waals surface area contributed by atoms with Crippen molar-refractivity contribution in [1.82, 2.24) is 0 Å². The number of aliphatic hydroxyl groups excluding tert-OH is 2. The fourth-order valence-corrected chi connectivity index (χ4v) is 1.69. The summed E-state index contributed by atoms with van der Waals surface area (Å²) in [7, 11) is 0. The van der Waals surface area contributed by atoms with Crippen LogP contribution in [-0.2, 0) is 6.61 Å². The molecule has 0 aliphatic rings. The average molecular weight is 250 g/mol. The quantitative estimate of drug-likeness (QED) is 0.612. The highest BCUT2D eigenvalue weighted by Gasteiger charge is 2.06. The zero-order chi connectivity index (χ0) is 13.0. The van der Waals surface area contributed by atoms with Crippen LogP contribution >= 0.6 is 0 Å². The van der Waals surface area contributed by atoms with Gasteiger partial charge in [0.15, 0.2) is 0 Å². The summed E-state index contributed by atoms with van der Waals surface area (Å²) < 4.78 is 10.4. The van der Waals surface area contributed by atoms with Gasteiger partial charge < -0.3 is 19.4 Å². The van der Waals surface area contributed by atoms with Crippen LogP contribution in [0, 0.1) is 0 Å². The normalized spacial score (nSPS) is 10.8. The third-order valence-electron chi connectivity index (χ3n) is 2.54. The summed E-state index contributed by atoms with van der Waals surface area (Å²) in [6.07, 6.45) is 0.540. The molecule has 96 valence electrons. The topological polar surface area (TPSA) is 79.9 Å². The Morgan fingerprint density at radius 1 is 1.22 bits per heavy atom.